The smallest absolute Gasteiger partial charge is 0.215 e. The Morgan fingerprint density at radius 2 is 2.11 bits per heavy atom. The van der Waals surface area contributed by atoms with Gasteiger partial charge >= 0.3 is 0 Å². The van der Waals surface area contributed by atoms with E-state index < -0.39 is 0 Å². The van der Waals surface area contributed by atoms with Crippen molar-refractivity contribution < 1.29 is 14.3 Å². The predicted octanol–water partition coefficient (Wildman–Crippen LogP) is 2.76. The molecule has 0 radical (unpaired) electrons. The quantitative estimate of drug-likeness (QED) is 0.698. The molecule has 18 heavy (non-hydrogen) atoms. The number of aromatic nitrogens is 1. The number of pyridine rings is 1. The van der Waals surface area contributed by atoms with E-state index in [4.69, 9.17) is 4.42 Å². The van der Waals surface area contributed by atoms with Gasteiger partial charge in [-0.1, -0.05) is 6.07 Å². The molecular formula is C14H9NO3. The van der Waals surface area contributed by atoms with Gasteiger partial charge in [0.15, 0.2) is 0 Å². The number of phenolic OH excluding ortho intramolecular Hbond substituents is 1. The standard InChI is InChI=1S/C14H9NO3/c16-9-4-5-10-11(8-18-13(10)7-9)14(17)12-3-1-2-6-15-12/h1-8,16H. The van der Waals surface area contributed by atoms with Gasteiger partial charge in [0.1, 0.15) is 23.3 Å². The van der Waals surface area contributed by atoms with Crippen molar-refractivity contribution in [3.63, 3.8) is 0 Å². The van der Waals surface area contributed by atoms with Gasteiger partial charge in [0.25, 0.3) is 0 Å². The number of fused-ring (bicyclic) bond motifs is 1. The Labute approximate surface area is 103 Å². The molecule has 0 amide bonds. The molecule has 0 saturated carbocycles. The maximum Gasteiger partial charge on any atom is 0.215 e. The molecule has 0 bridgehead atoms. The van der Waals surface area contributed by atoms with Crippen molar-refractivity contribution in [2.45, 2.75) is 0 Å². The second-order valence-electron chi connectivity index (χ2n) is 3.87. The number of phenols is 1. The molecule has 2 heterocycles. The maximum absolute atomic E-state index is 12.2. The average molecular weight is 239 g/mol. The number of nitrogens with zero attached hydrogens (tertiary/aromatic N) is 1. The van der Waals surface area contributed by atoms with Crippen LogP contribution >= 0.6 is 0 Å². The van der Waals surface area contributed by atoms with Crippen molar-refractivity contribution in [3.05, 3.63) is 60.1 Å². The molecule has 0 unspecified atom stereocenters. The van der Waals surface area contributed by atoms with Crippen LogP contribution in [0.25, 0.3) is 11.0 Å². The summed E-state index contributed by atoms with van der Waals surface area (Å²) in [5, 5.41) is 10.0. The molecule has 1 N–H and O–H groups in total. The van der Waals surface area contributed by atoms with Crippen LogP contribution in [0.5, 0.6) is 5.75 Å². The Hall–Kier alpha value is -2.62. The second kappa shape index (κ2) is 4.00. The minimum absolute atomic E-state index is 0.105. The van der Waals surface area contributed by atoms with E-state index in [0.29, 0.717) is 22.2 Å². The molecule has 0 spiro atoms. The monoisotopic (exact) mass is 239 g/mol. The van der Waals surface area contributed by atoms with Crippen molar-refractivity contribution in [2.75, 3.05) is 0 Å². The van der Waals surface area contributed by atoms with Crippen LogP contribution in [0.1, 0.15) is 16.1 Å². The Balaban J connectivity index is 2.13. The fourth-order valence-corrected chi connectivity index (χ4v) is 1.83. The second-order valence-corrected chi connectivity index (χ2v) is 3.87. The van der Waals surface area contributed by atoms with Gasteiger partial charge < -0.3 is 9.52 Å². The number of aromatic hydroxyl groups is 1. The van der Waals surface area contributed by atoms with Crippen molar-refractivity contribution in [1.82, 2.24) is 4.98 Å². The van der Waals surface area contributed by atoms with Crippen molar-refractivity contribution in [2.24, 2.45) is 0 Å². The highest BCUT2D eigenvalue weighted by molar-refractivity contribution is 6.14. The Morgan fingerprint density at radius 1 is 1.22 bits per heavy atom. The van der Waals surface area contributed by atoms with Crippen LogP contribution in [-0.2, 0) is 0 Å². The molecule has 1 aromatic carbocycles. The van der Waals surface area contributed by atoms with E-state index in [9.17, 15) is 9.90 Å². The number of carbonyl (C=O) groups excluding carboxylic acids is 1. The zero-order valence-electron chi connectivity index (χ0n) is 9.33. The summed E-state index contributed by atoms with van der Waals surface area (Å²) in [7, 11) is 0. The molecule has 0 saturated heterocycles. The predicted molar refractivity (Wildman–Crippen MR) is 65.5 cm³/mol. The third-order valence-corrected chi connectivity index (χ3v) is 2.70. The van der Waals surface area contributed by atoms with Gasteiger partial charge in [-0.25, -0.2) is 0 Å². The first-order chi connectivity index (χ1) is 8.75. The van der Waals surface area contributed by atoms with E-state index >= 15 is 0 Å². The lowest BCUT2D eigenvalue weighted by Crippen LogP contribution is -2.02. The Kier molecular flexibility index (Phi) is 2.34. The summed E-state index contributed by atoms with van der Waals surface area (Å²) in [5.74, 6) is -0.0891. The molecule has 0 aliphatic heterocycles. The van der Waals surface area contributed by atoms with Crippen molar-refractivity contribution in [1.29, 1.82) is 0 Å². The zero-order valence-corrected chi connectivity index (χ0v) is 9.33. The lowest BCUT2D eigenvalue weighted by molar-refractivity contribution is 0.103. The number of rotatable bonds is 2. The van der Waals surface area contributed by atoms with E-state index in [1.807, 2.05) is 0 Å². The van der Waals surface area contributed by atoms with E-state index in [1.54, 1.807) is 30.5 Å². The minimum Gasteiger partial charge on any atom is -0.508 e. The zero-order chi connectivity index (χ0) is 12.5. The van der Waals surface area contributed by atoms with Gasteiger partial charge in [-0.15, -0.1) is 0 Å². The molecule has 3 aromatic rings. The van der Waals surface area contributed by atoms with Crippen LogP contribution in [-0.4, -0.2) is 15.9 Å². The lowest BCUT2D eigenvalue weighted by Gasteiger charge is -1.97. The highest BCUT2D eigenvalue weighted by Crippen LogP contribution is 2.26. The third-order valence-electron chi connectivity index (χ3n) is 2.70. The molecule has 0 atom stereocenters. The fraction of sp³-hybridized carbons (Fsp3) is 0. The van der Waals surface area contributed by atoms with Gasteiger partial charge in [-0.05, 0) is 24.3 Å². The summed E-state index contributed by atoms with van der Waals surface area (Å²) in [6, 6.07) is 9.82. The molecule has 0 fully saturated rings. The minimum atomic E-state index is -0.194. The van der Waals surface area contributed by atoms with Crippen LogP contribution in [0.2, 0.25) is 0 Å². The van der Waals surface area contributed by atoms with Gasteiger partial charge in [0, 0.05) is 17.6 Å². The fourth-order valence-electron chi connectivity index (χ4n) is 1.83. The summed E-state index contributed by atoms with van der Waals surface area (Å²) < 4.78 is 5.26. The first kappa shape index (κ1) is 10.5. The SMILES string of the molecule is O=C(c1ccccn1)c1coc2cc(O)ccc12. The largest absolute Gasteiger partial charge is 0.508 e. The van der Waals surface area contributed by atoms with E-state index in [2.05, 4.69) is 4.98 Å². The van der Waals surface area contributed by atoms with E-state index in [-0.39, 0.29) is 11.5 Å². The summed E-state index contributed by atoms with van der Waals surface area (Å²) in [5.41, 5.74) is 1.30. The molecule has 0 aliphatic carbocycles. The third kappa shape index (κ3) is 1.64. The number of benzene rings is 1. The normalized spacial score (nSPS) is 10.7. The molecule has 4 heteroatoms. The summed E-state index contributed by atoms with van der Waals surface area (Å²) >= 11 is 0. The van der Waals surface area contributed by atoms with Gasteiger partial charge in [-0.2, -0.15) is 0 Å². The molecule has 4 nitrogen and oxygen atoms in total. The van der Waals surface area contributed by atoms with Crippen LogP contribution < -0.4 is 0 Å². The Morgan fingerprint density at radius 3 is 2.89 bits per heavy atom. The van der Waals surface area contributed by atoms with Gasteiger partial charge in [0.05, 0.1) is 5.56 Å². The summed E-state index contributed by atoms with van der Waals surface area (Å²) in [6.45, 7) is 0. The Bertz CT molecular complexity index is 716. The molecule has 3 rings (SSSR count). The average Bonchev–Trinajstić information content (AvgIpc) is 2.81. The lowest BCUT2D eigenvalue weighted by atomic mass is 10.1. The number of ketones is 1. The van der Waals surface area contributed by atoms with Gasteiger partial charge in [0.2, 0.25) is 5.78 Å². The van der Waals surface area contributed by atoms with Crippen LogP contribution in [0.15, 0.2) is 53.3 Å². The maximum atomic E-state index is 12.2. The molecular weight excluding hydrogens is 230 g/mol. The van der Waals surface area contributed by atoms with Crippen LogP contribution in [0.4, 0.5) is 0 Å². The molecule has 2 aromatic heterocycles. The molecule has 0 aliphatic rings. The highest BCUT2D eigenvalue weighted by Gasteiger charge is 2.16. The number of hydrogen-bond donors (Lipinski definition) is 1. The summed E-state index contributed by atoms with van der Waals surface area (Å²) in [6.07, 6.45) is 2.96. The first-order valence-electron chi connectivity index (χ1n) is 5.41. The van der Waals surface area contributed by atoms with Gasteiger partial charge in [-0.3, -0.25) is 9.78 Å². The summed E-state index contributed by atoms with van der Waals surface area (Å²) in [4.78, 5) is 16.2. The van der Waals surface area contributed by atoms with E-state index in [0.717, 1.165) is 0 Å². The van der Waals surface area contributed by atoms with Crippen molar-refractivity contribution in [3.8, 4) is 5.75 Å². The molecule has 88 valence electrons. The number of hydrogen-bond acceptors (Lipinski definition) is 4. The first-order valence-corrected chi connectivity index (χ1v) is 5.41. The van der Waals surface area contributed by atoms with E-state index in [1.165, 1.54) is 18.4 Å². The van der Waals surface area contributed by atoms with Crippen molar-refractivity contribution >= 4 is 16.8 Å². The highest BCUT2D eigenvalue weighted by atomic mass is 16.3. The number of carbonyl (C=O) groups is 1. The topological polar surface area (TPSA) is 63.3 Å². The van der Waals surface area contributed by atoms with Crippen LogP contribution in [0.3, 0.4) is 0 Å². The van der Waals surface area contributed by atoms with Crippen LogP contribution in [0, 0.1) is 0 Å². The number of furan rings is 1.